The smallest absolute Gasteiger partial charge is 0.407 e. The third-order valence-corrected chi connectivity index (χ3v) is 5.56. The van der Waals surface area contributed by atoms with Crippen molar-refractivity contribution in [2.24, 2.45) is 5.92 Å². The van der Waals surface area contributed by atoms with Crippen LogP contribution in [0.5, 0.6) is 0 Å². The van der Waals surface area contributed by atoms with Crippen LogP contribution < -0.4 is 5.32 Å². The Morgan fingerprint density at radius 2 is 1.55 bits per heavy atom. The van der Waals surface area contributed by atoms with E-state index in [0.29, 0.717) is 6.42 Å². The van der Waals surface area contributed by atoms with Gasteiger partial charge in [0.25, 0.3) is 0 Å². The predicted molar refractivity (Wildman–Crippen MR) is 115 cm³/mol. The number of alkyl carbamates (subject to hydrolysis) is 1. The predicted octanol–water partition coefficient (Wildman–Crippen LogP) is 4.47. The van der Waals surface area contributed by atoms with Crippen molar-refractivity contribution in [3.63, 3.8) is 0 Å². The highest BCUT2D eigenvalue weighted by Gasteiger charge is 2.30. The summed E-state index contributed by atoms with van der Waals surface area (Å²) >= 11 is 3.01. The first kappa shape index (κ1) is 21.2. The Morgan fingerprint density at radius 3 is 2.07 bits per heavy atom. The van der Waals surface area contributed by atoms with E-state index < -0.39 is 23.7 Å². The second kappa shape index (κ2) is 9.35. The molecule has 0 aromatic heterocycles. The van der Waals surface area contributed by atoms with E-state index in [1.807, 2.05) is 50.2 Å². The Kier molecular flexibility index (Phi) is 6.85. The molecule has 0 spiro atoms. The maximum absolute atomic E-state index is 12.4. The number of carbonyl (C=O) groups excluding carboxylic acids is 3. The summed E-state index contributed by atoms with van der Waals surface area (Å²) in [6.07, 6.45) is -0.310. The molecule has 0 saturated carbocycles. The third-order valence-electron chi connectivity index (χ3n) is 5.06. The molecule has 2 aromatic carbocycles. The number of ketones is 2. The van der Waals surface area contributed by atoms with E-state index in [1.54, 1.807) is 0 Å². The van der Waals surface area contributed by atoms with E-state index in [0.717, 1.165) is 22.3 Å². The lowest BCUT2D eigenvalue weighted by Crippen LogP contribution is -2.45. The Balaban J connectivity index is 1.70. The summed E-state index contributed by atoms with van der Waals surface area (Å²) in [6, 6.07) is 15.3. The Hall–Kier alpha value is -2.47. The van der Waals surface area contributed by atoms with Gasteiger partial charge < -0.3 is 10.1 Å². The van der Waals surface area contributed by atoms with Gasteiger partial charge >= 0.3 is 6.09 Å². The molecule has 3 rings (SSSR count). The second-order valence-corrected chi connectivity index (χ2v) is 8.13. The van der Waals surface area contributed by atoms with E-state index in [1.165, 1.54) is 0 Å². The third kappa shape index (κ3) is 4.75. The largest absolute Gasteiger partial charge is 0.449 e. The number of rotatable bonds is 8. The van der Waals surface area contributed by atoms with Gasteiger partial charge in [-0.25, -0.2) is 4.79 Å². The number of hydrogen-bond donors (Lipinski definition) is 1. The number of nitrogens with one attached hydrogen (secondary N) is 1. The molecule has 0 unspecified atom stereocenters. The van der Waals surface area contributed by atoms with Gasteiger partial charge in [-0.15, -0.1) is 0 Å². The SMILES string of the molecule is CC(C)C[C@H](NC(=O)OCC1c2ccccc2-c2ccccc21)C(=O)C(=O)CBr. The van der Waals surface area contributed by atoms with Gasteiger partial charge in [-0.1, -0.05) is 78.3 Å². The summed E-state index contributed by atoms with van der Waals surface area (Å²) in [4.78, 5) is 36.5. The molecule has 0 bridgehead atoms. The van der Waals surface area contributed by atoms with Crippen LogP contribution in [0.1, 0.15) is 37.3 Å². The molecule has 1 N–H and O–H groups in total. The number of ether oxygens (including phenoxy) is 1. The van der Waals surface area contributed by atoms with E-state index >= 15 is 0 Å². The maximum Gasteiger partial charge on any atom is 0.407 e. The fraction of sp³-hybridized carbons (Fsp3) is 0.348. The number of carbonyl (C=O) groups is 3. The highest BCUT2D eigenvalue weighted by atomic mass is 79.9. The second-order valence-electron chi connectivity index (χ2n) is 7.57. The van der Waals surface area contributed by atoms with Gasteiger partial charge in [-0.2, -0.15) is 0 Å². The van der Waals surface area contributed by atoms with Crippen LogP contribution in [0.4, 0.5) is 4.79 Å². The molecule has 0 fully saturated rings. The van der Waals surface area contributed by atoms with Crippen molar-refractivity contribution in [1.82, 2.24) is 5.32 Å². The van der Waals surface area contributed by atoms with Crippen LogP contribution in [0.3, 0.4) is 0 Å². The molecule has 1 atom stereocenters. The quantitative estimate of drug-likeness (QED) is 0.468. The molecule has 1 aliphatic carbocycles. The first-order valence-corrected chi connectivity index (χ1v) is 10.8. The van der Waals surface area contributed by atoms with Crippen LogP contribution in [-0.4, -0.2) is 35.6 Å². The zero-order chi connectivity index (χ0) is 21.0. The summed E-state index contributed by atoms with van der Waals surface area (Å²) in [7, 11) is 0. The first-order chi connectivity index (χ1) is 13.9. The van der Waals surface area contributed by atoms with Crippen LogP contribution >= 0.6 is 15.9 Å². The monoisotopic (exact) mass is 457 g/mol. The molecule has 1 aliphatic rings. The molecular formula is C23H24BrNO4. The number of amides is 1. The maximum atomic E-state index is 12.4. The van der Waals surface area contributed by atoms with E-state index in [-0.39, 0.29) is 23.8 Å². The van der Waals surface area contributed by atoms with Gasteiger partial charge in [0.2, 0.25) is 11.6 Å². The number of benzene rings is 2. The molecule has 5 nitrogen and oxygen atoms in total. The number of halogens is 1. The average Bonchev–Trinajstić information content (AvgIpc) is 3.04. The minimum absolute atomic E-state index is 0.0587. The van der Waals surface area contributed by atoms with Gasteiger partial charge in [-0.3, -0.25) is 9.59 Å². The molecule has 0 aliphatic heterocycles. The normalized spacial score (nSPS) is 13.5. The molecule has 29 heavy (non-hydrogen) atoms. The number of alkyl halides is 1. The summed E-state index contributed by atoms with van der Waals surface area (Å²) in [6.45, 7) is 4.02. The number of hydrogen-bond acceptors (Lipinski definition) is 4. The van der Waals surface area contributed by atoms with Gasteiger partial charge in [0.1, 0.15) is 6.61 Å². The molecule has 6 heteroatoms. The molecule has 0 saturated heterocycles. The van der Waals surface area contributed by atoms with Crippen molar-refractivity contribution < 1.29 is 19.1 Å². The van der Waals surface area contributed by atoms with Gasteiger partial charge in [0.15, 0.2) is 0 Å². The van der Waals surface area contributed by atoms with E-state index in [4.69, 9.17) is 4.74 Å². The van der Waals surface area contributed by atoms with Crippen LogP contribution in [0.25, 0.3) is 11.1 Å². The van der Waals surface area contributed by atoms with Crippen molar-refractivity contribution in [3.05, 3.63) is 59.7 Å². The summed E-state index contributed by atoms with van der Waals surface area (Å²) in [5.41, 5.74) is 4.53. The molecule has 0 radical (unpaired) electrons. The average molecular weight is 458 g/mol. The fourth-order valence-electron chi connectivity index (χ4n) is 3.75. The molecular weight excluding hydrogens is 434 g/mol. The number of Topliss-reactive ketones (excluding diaryl/α,β-unsaturated/α-hetero) is 2. The zero-order valence-electron chi connectivity index (χ0n) is 16.5. The summed E-state index contributed by atoms with van der Waals surface area (Å²) in [5, 5.41) is 2.52. The fourth-order valence-corrected chi connectivity index (χ4v) is 4.02. The van der Waals surface area contributed by atoms with Gasteiger partial charge in [0, 0.05) is 5.92 Å². The Morgan fingerprint density at radius 1 is 1.00 bits per heavy atom. The van der Waals surface area contributed by atoms with Crippen molar-refractivity contribution in [2.45, 2.75) is 32.2 Å². The summed E-state index contributed by atoms with van der Waals surface area (Å²) < 4.78 is 5.49. The van der Waals surface area contributed by atoms with E-state index in [2.05, 4.69) is 33.4 Å². The van der Waals surface area contributed by atoms with Crippen LogP contribution in [0.15, 0.2) is 48.5 Å². The first-order valence-electron chi connectivity index (χ1n) is 9.66. The minimum atomic E-state index is -0.879. The van der Waals surface area contributed by atoms with Crippen LogP contribution in [-0.2, 0) is 14.3 Å². The topological polar surface area (TPSA) is 72.5 Å². The van der Waals surface area contributed by atoms with Crippen LogP contribution in [0, 0.1) is 5.92 Å². The summed E-state index contributed by atoms with van der Waals surface area (Å²) in [5.74, 6) is -1.09. The van der Waals surface area contributed by atoms with Gasteiger partial charge in [-0.05, 0) is 34.6 Å². The molecule has 1 amide bonds. The van der Waals surface area contributed by atoms with Gasteiger partial charge in [0.05, 0.1) is 11.4 Å². The lowest BCUT2D eigenvalue weighted by molar-refractivity contribution is -0.136. The highest BCUT2D eigenvalue weighted by molar-refractivity contribution is 9.09. The minimum Gasteiger partial charge on any atom is -0.449 e. The van der Waals surface area contributed by atoms with Crippen molar-refractivity contribution >= 4 is 33.6 Å². The zero-order valence-corrected chi connectivity index (χ0v) is 18.1. The van der Waals surface area contributed by atoms with Crippen LogP contribution in [0.2, 0.25) is 0 Å². The Labute approximate surface area is 179 Å². The molecule has 152 valence electrons. The highest BCUT2D eigenvalue weighted by Crippen LogP contribution is 2.44. The lowest BCUT2D eigenvalue weighted by atomic mass is 9.98. The molecule has 0 heterocycles. The van der Waals surface area contributed by atoms with Crippen molar-refractivity contribution in [2.75, 3.05) is 11.9 Å². The lowest BCUT2D eigenvalue weighted by Gasteiger charge is -2.20. The Bertz CT molecular complexity index is 879. The number of fused-ring (bicyclic) bond motifs is 3. The van der Waals surface area contributed by atoms with Crippen molar-refractivity contribution in [1.29, 1.82) is 0 Å². The van der Waals surface area contributed by atoms with Crippen molar-refractivity contribution in [3.8, 4) is 11.1 Å². The molecule has 2 aromatic rings. The van der Waals surface area contributed by atoms with E-state index in [9.17, 15) is 14.4 Å². The standard InChI is InChI=1S/C23H24BrNO4/c1-14(2)11-20(22(27)21(26)12-24)25-23(28)29-13-19-17-9-5-3-7-15(17)16-8-4-6-10-18(16)19/h3-10,14,19-20H,11-13H2,1-2H3,(H,25,28)/t20-/m0/s1.